The summed E-state index contributed by atoms with van der Waals surface area (Å²) >= 11 is 7.41. The molecule has 0 aliphatic rings. The van der Waals surface area contributed by atoms with Crippen LogP contribution in [0.5, 0.6) is 5.75 Å². The number of benzene rings is 1. The fourth-order valence-electron chi connectivity index (χ4n) is 2.40. The van der Waals surface area contributed by atoms with Gasteiger partial charge in [0, 0.05) is 22.8 Å². The summed E-state index contributed by atoms with van der Waals surface area (Å²) in [5.41, 5.74) is 2.92. The molecule has 2 aromatic rings. The third-order valence-electron chi connectivity index (χ3n) is 3.67. The van der Waals surface area contributed by atoms with Crippen LogP contribution in [0, 0.1) is 13.8 Å². The number of halogens is 1. The summed E-state index contributed by atoms with van der Waals surface area (Å²) < 4.78 is 5.54. The lowest BCUT2D eigenvalue weighted by Crippen LogP contribution is -2.28. The van der Waals surface area contributed by atoms with Gasteiger partial charge in [-0.05, 0) is 50.3 Å². The van der Waals surface area contributed by atoms with Crippen molar-refractivity contribution in [3.63, 3.8) is 0 Å². The van der Waals surface area contributed by atoms with E-state index in [0.29, 0.717) is 36.8 Å². The van der Waals surface area contributed by atoms with Gasteiger partial charge < -0.3 is 10.1 Å². The molecule has 0 fully saturated rings. The topological polar surface area (TPSA) is 64.1 Å². The lowest BCUT2D eigenvalue weighted by molar-refractivity contribution is -0.121. The summed E-state index contributed by atoms with van der Waals surface area (Å²) in [6.45, 7) is 4.77. The van der Waals surface area contributed by atoms with E-state index in [-0.39, 0.29) is 5.91 Å². The highest BCUT2D eigenvalue weighted by Gasteiger charge is 2.10. The van der Waals surface area contributed by atoms with Gasteiger partial charge in [-0.25, -0.2) is 9.97 Å². The Balaban J connectivity index is 1.74. The molecule has 0 spiro atoms. The van der Waals surface area contributed by atoms with Crippen molar-refractivity contribution in [2.75, 3.05) is 19.4 Å². The summed E-state index contributed by atoms with van der Waals surface area (Å²) in [5, 5.41) is 4.25. The average Bonchev–Trinajstić information content (AvgIpc) is 2.58. The van der Waals surface area contributed by atoms with Crippen LogP contribution in [0.1, 0.15) is 23.4 Å². The maximum absolute atomic E-state index is 12.0. The van der Waals surface area contributed by atoms with E-state index in [2.05, 4.69) is 15.3 Å². The van der Waals surface area contributed by atoms with Crippen molar-refractivity contribution >= 4 is 29.3 Å². The number of carbonyl (C=O) groups is 1. The Hall–Kier alpha value is -1.79. The van der Waals surface area contributed by atoms with E-state index in [4.69, 9.17) is 16.3 Å². The molecule has 1 aromatic carbocycles. The van der Waals surface area contributed by atoms with E-state index in [9.17, 15) is 4.79 Å². The minimum absolute atomic E-state index is 0.0116. The molecule has 0 saturated heterocycles. The molecule has 0 bridgehead atoms. The highest BCUT2D eigenvalue weighted by molar-refractivity contribution is 7.98. The second-order valence-electron chi connectivity index (χ2n) is 5.52. The molecule has 0 aliphatic heterocycles. The Labute approximate surface area is 157 Å². The molecule has 1 aromatic heterocycles. The van der Waals surface area contributed by atoms with Gasteiger partial charge in [-0.15, -0.1) is 0 Å². The van der Waals surface area contributed by atoms with Crippen LogP contribution >= 0.6 is 23.4 Å². The number of aryl methyl sites for hydroxylation is 2. The van der Waals surface area contributed by atoms with Gasteiger partial charge in [-0.3, -0.25) is 4.79 Å². The number of hydrogen-bond donors (Lipinski definition) is 1. The Morgan fingerprint density at radius 2 is 2.00 bits per heavy atom. The number of hydrogen-bond acceptors (Lipinski definition) is 5. The molecule has 5 nitrogen and oxygen atoms in total. The quantitative estimate of drug-likeness (QED) is 0.431. The van der Waals surface area contributed by atoms with Gasteiger partial charge in [0.2, 0.25) is 5.91 Å². The van der Waals surface area contributed by atoms with Crippen LogP contribution in [0.3, 0.4) is 0 Å². The molecule has 0 aliphatic carbocycles. The molecule has 134 valence electrons. The number of nitrogens with one attached hydrogen (secondary N) is 1. The molecule has 1 amide bonds. The highest BCUT2D eigenvalue weighted by atomic mass is 35.5. The third-order valence-corrected chi connectivity index (χ3v) is 4.46. The molecule has 1 N–H and O–H groups in total. The van der Waals surface area contributed by atoms with Crippen molar-refractivity contribution in [2.24, 2.45) is 0 Å². The Bertz CT molecular complexity index is 717. The molecule has 0 unspecified atom stereocenters. The first-order chi connectivity index (χ1) is 12.0. The van der Waals surface area contributed by atoms with Crippen molar-refractivity contribution < 1.29 is 9.53 Å². The van der Waals surface area contributed by atoms with Crippen LogP contribution in [0.25, 0.3) is 0 Å². The van der Waals surface area contributed by atoms with Crippen LogP contribution in [0.4, 0.5) is 0 Å². The zero-order chi connectivity index (χ0) is 18.2. The van der Waals surface area contributed by atoms with Crippen molar-refractivity contribution in [2.45, 2.75) is 31.8 Å². The summed E-state index contributed by atoms with van der Waals surface area (Å²) in [6.07, 6.45) is 2.99. The first-order valence-electron chi connectivity index (χ1n) is 8.02. The zero-order valence-electron chi connectivity index (χ0n) is 14.6. The summed E-state index contributed by atoms with van der Waals surface area (Å²) in [5.74, 6) is 0.682. The van der Waals surface area contributed by atoms with Gasteiger partial charge in [0.05, 0.1) is 6.54 Å². The second-order valence-corrected chi connectivity index (χ2v) is 6.73. The van der Waals surface area contributed by atoms with Crippen LogP contribution in [-0.4, -0.2) is 35.3 Å². The molecule has 0 atom stereocenters. The summed E-state index contributed by atoms with van der Waals surface area (Å²) in [6, 6.07) is 7.19. The SMILES string of the molecule is CSc1nc(C)c(CCC(=O)NCCOc2cccc(Cl)c2)c(C)n1. The van der Waals surface area contributed by atoms with Crippen LogP contribution in [0.15, 0.2) is 29.4 Å². The lowest BCUT2D eigenvalue weighted by atomic mass is 10.1. The van der Waals surface area contributed by atoms with Gasteiger partial charge in [0.15, 0.2) is 5.16 Å². The minimum atomic E-state index is -0.0116. The Morgan fingerprint density at radius 1 is 1.28 bits per heavy atom. The van der Waals surface area contributed by atoms with E-state index < -0.39 is 0 Å². The standard InChI is InChI=1S/C18H22ClN3O2S/c1-12-16(13(2)22-18(21-12)25-3)7-8-17(23)20-9-10-24-15-6-4-5-14(19)11-15/h4-6,11H,7-10H2,1-3H3,(H,20,23). The molecule has 2 rings (SSSR count). The average molecular weight is 380 g/mol. The molecule has 7 heteroatoms. The van der Waals surface area contributed by atoms with E-state index in [1.54, 1.807) is 12.1 Å². The molecule has 0 saturated carbocycles. The minimum Gasteiger partial charge on any atom is -0.492 e. The first kappa shape index (κ1) is 19.5. The predicted octanol–water partition coefficient (Wildman–Crippen LogP) is 3.60. The molecular formula is C18H22ClN3O2S. The number of aromatic nitrogens is 2. The number of ether oxygens (including phenoxy) is 1. The fourth-order valence-corrected chi connectivity index (χ4v) is 3.04. The highest BCUT2D eigenvalue weighted by Crippen LogP contribution is 2.18. The third kappa shape index (κ3) is 6.21. The Morgan fingerprint density at radius 3 is 2.64 bits per heavy atom. The normalized spacial score (nSPS) is 10.6. The van der Waals surface area contributed by atoms with Crippen molar-refractivity contribution in [1.29, 1.82) is 0 Å². The van der Waals surface area contributed by atoms with Gasteiger partial charge in [0.1, 0.15) is 12.4 Å². The van der Waals surface area contributed by atoms with E-state index in [1.165, 1.54) is 11.8 Å². The molecule has 0 radical (unpaired) electrons. The maximum Gasteiger partial charge on any atom is 0.220 e. The van der Waals surface area contributed by atoms with E-state index >= 15 is 0 Å². The lowest BCUT2D eigenvalue weighted by Gasteiger charge is -2.11. The number of amides is 1. The predicted molar refractivity (Wildman–Crippen MR) is 102 cm³/mol. The zero-order valence-corrected chi connectivity index (χ0v) is 16.2. The molecular weight excluding hydrogens is 358 g/mol. The van der Waals surface area contributed by atoms with Gasteiger partial charge in [0.25, 0.3) is 0 Å². The summed E-state index contributed by atoms with van der Waals surface area (Å²) in [4.78, 5) is 20.9. The van der Waals surface area contributed by atoms with E-state index in [1.807, 2.05) is 32.2 Å². The van der Waals surface area contributed by atoms with Crippen LogP contribution in [-0.2, 0) is 11.2 Å². The van der Waals surface area contributed by atoms with E-state index in [0.717, 1.165) is 22.1 Å². The maximum atomic E-state index is 12.0. The largest absolute Gasteiger partial charge is 0.492 e. The van der Waals surface area contributed by atoms with Crippen molar-refractivity contribution in [1.82, 2.24) is 15.3 Å². The second kappa shape index (κ2) is 9.63. The Kier molecular flexibility index (Phi) is 7.52. The molecule has 25 heavy (non-hydrogen) atoms. The van der Waals surface area contributed by atoms with Gasteiger partial charge in [-0.2, -0.15) is 0 Å². The van der Waals surface area contributed by atoms with Crippen LogP contribution < -0.4 is 10.1 Å². The van der Waals surface area contributed by atoms with Gasteiger partial charge >= 0.3 is 0 Å². The van der Waals surface area contributed by atoms with Crippen LogP contribution in [0.2, 0.25) is 5.02 Å². The number of nitrogens with zero attached hydrogens (tertiary/aromatic N) is 2. The number of rotatable bonds is 8. The smallest absolute Gasteiger partial charge is 0.220 e. The first-order valence-corrected chi connectivity index (χ1v) is 9.63. The number of carbonyl (C=O) groups excluding carboxylic acids is 1. The monoisotopic (exact) mass is 379 g/mol. The molecule has 1 heterocycles. The van der Waals surface area contributed by atoms with Gasteiger partial charge in [-0.1, -0.05) is 29.4 Å². The van der Waals surface area contributed by atoms with Crippen molar-refractivity contribution in [3.05, 3.63) is 46.2 Å². The fraction of sp³-hybridized carbons (Fsp3) is 0.389. The number of thioether (sulfide) groups is 1. The summed E-state index contributed by atoms with van der Waals surface area (Å²) in [7, 11) is 0. The van der Waals surface area contributed by atoms with Crippen molar-refractivity contribution in [3.8, 4) is 5.75 Å².